The Hall–Kier alpha value is -2.13. The van der Waals surface area contributed by atoms with Gasteiger partial charge in [-0.25, -0.2) is 4.98 Å². The van der Waals surface area contributed by atoms with Gasteiger partial charge < -0.3 is 10.3 Å². The number of aromatic nitrogens is 2. The largest absolute Gasteiger partial charge is 0.331 e. The van der Waals surface area contributed by atoms with Crippen molar-refractivity contribution >= 4 is 11.0 Å². The maximum Gasteiger partial charge on any atom is 0.117 e. The lowest BCUT2D eigenvalue weighted by atomic mass is 9.96. The molecule has 0 spiro atoms. The summed E-state index contributed by atoms with van der Waals surface area (Å²) >= 11 is 0. The van der Waals surface area contributed by atoms with Crippen LogP contribution in [0.4, 0.5) is 0 Å². The van der Waals surface area contributed by atoms with E-state index < -0.39 is 0 Å². The fourth-order valence-corrected chi connectivity index (χ4v) is 2.96. The molecule has 0 saturated carbocycles. The van der Waals surface area contributed by atoms with Crippen molar-refractivity contribution in [1.82, 2.24) is 9.55 Å². The SMILES string of the molecule is CCC(c1ccccc1)c1nc2cc(CN)ccc2n1C. The Morgan fingerprint density at radius 3 is 2.57 bits per heavy atom. The average molecular weight is 279 g/mol. The van der Waals surface area contributed by atoms with Crippen LogP contribution in [0.2, 0.25) is 0 Å². The first-order valence-corrected chi connectivity index (χ1v) is 7.44. The van der Waals surface area contributed by atoms with Gasteiger partial charge in [0.25, 0.3) is 0 Å². The maximum atomic E-state index is 5.73. The first-order valence-electron chi connectivity index (χ1n) is 7.44. The van der Waals surface area contributed by atoms with Crippen molar-refractivity contribution in [2.45, 2.75) is 25.8 Å². The van der Waals surface area contributed by atoms with Crippen LogP contribution in [0.25, 0.3) is 11.0 Å². The van der Waals surface area contributed by atoms with Crippen LogP contribution in [0.15, 0.2) is 48.5 Å². The van der Waals surface area contributed by atoms with Gasteiger partial charge in [-0.1, -0.05) is 43.3 Å². The summed E-state index contributed by atoms with van der Waals surface area (Å²) in [5.74, 6) is 1.44. The standard InChI is InChI=1S/C18H21N3/c1-3-15(14-7-5-4-6-8-14)18-20-16-11-13(12-19)9-10-17(16)21(18)2/h4-11,15H,3,12,19H2,1-2H3. The summed E-state index contributed by atoms with van der Waals surface area (Å²) in [7, 11) is 2.10. The molecule has 0 aliphatic heterocycles. The van der Waals surface area contributed by atoms with E-state index in [0.29, 0.717) is 12.5 Å². The van der Waals surface area contributed by atoms with Gasteiger partial charge in [-0.15, -0.1) is 0 Å². The van der Waals surface area contributed by atoms with E-state index in [4.69, 9.17) is 10.7 Å². The lowest BCUT2D eigenvalue weighted by Crippen LogP contribution is -2.07. The van der Waals surface area contributed by atoms with Gasteiger partial charge in [0, 0.05) is 19.5 Å². The molecule has 0 bridgehead atoms. The molecule has 0 aliphatic carbocycles. The summed E-state index contributed by atoms with van der Waals surface area (Å²) in [6.07, 6.45) is 1.03. The van der Waals surface area contributed by atoms with Gasteiger partial charge in [0.2, 0.25) is 0 Å². The summed E-state index contributed by atoms with van der Waals surface area (Å²) < 4.78 is 2.21. The average Bonchev–Trinajstić information content (AvgIpc) is 2.85. The predicted molar refractivity (Wildman–Crippen MR) is 87.2 cm³/mol. The van der Waals surface area contributed by atoms with E-state index >= 15 is 0 Å². The lowest BCUT2D eigenvalue weighted by Gasteiger charge is -2.15. The van der Waals surface area contributed by atoms with Gasteiger partial charge in [-0.05, 0) is 29.7 Å². The van der Waals surface area contributed by atoms with Crippen LogP contribution in [0.3, 0.4) is 0 Å². The fourth-order valence-electron chi connectivity index (χ4n) is 2.96. The van der Waals surface area contributed by atoms with Crippen LogP contribution in [0.1, 0.15) is 36.2 Å². The molecule has 3 aromatic rings. The molecule has 3 heteroatoms. The highest BCUT2D eigenvalue weighted by Crippen LogP contribution is 2.29. The minimum Gasteiger partial charge on any atom is -0.331 e. The molecule has 3 nitrogen and oxygen atoms in total. The second-order valence-corrected chi connectivity index (χ2v) is 5.43. The van der Waals surface area contributed by atoms with E-state index in [0.717, 1.165) is 28.8 Å². The molecule has 2 N–H and O–H groups in total. The molecule has 0 saturated heterocycles. The van der Waals surface area contributed by atoms with E-state index in [2.05, 4.69) is 67.1 Å². The summed E-state index contributed by atoms with van der Waals surface area (Å²) in [5, 5.41) is 0. The van der Waals surface area contributed by atoms with E-state index in [9.17, 15) is 0 Å². The summed E-state index contributed by atoms with van der Waals surface area (Å²) in [6, 6.07) is 16.9. The Labute approximate surface area is 125 Å². The number of imidazole rings is 1. The molecule has 0 radical (unpaired) electrons. The minimum absolute atomic E-state index is 0.324. The summed E-state index contributed by atoms with van der Waals surface area (Å²) in [5.41, 5.74) is 10.4. The number of nitrogens with zero attached hydrogens (tertiary/aromatic N) is 2. The van der Waals surface area contributed by atoms with E-state index in [1.165, 1.54) is 5.56 Å². The molecular formula is C18H21N3. The third-order valence-corrected chi connectivity index (χ3v) is 4.14. The van der Waals surface area contributed by atoms with Crippen LogP contribution in [-0.4, -0.2) is 9.55 Å². The zero-order chi connectivity index (χ0) is 14.8. The maximum absolute atomic E-state index is 5.73. The van der Waals surface area contributed by atoms with Crippen molar-refractivity contribution < 1.29 is 0 Å². The third-order valence-electron chi connectivity index (χ3n) is 4.14. The number of benzene rings is 2. The minimum atomic E-state index is 0.324. The Bertz CT molecular complexity index is 744. The fraction of sp³-hybridized carbons (Fsp3) is 0.278. The Morgan fingerprint density at radius 2 is 1.90 bits per heavy atom. The zero-order valence-corrected chi connectivity index (χ0v) is 12.6. The molecule has 0 aliphatic rings. The lowest BCUT2D eigenvalue weighted by molar-refractivity contribution is 0.681. The molecule has 108 valence electrons. The molecule has 1 heterocycles. The van der Waals surface area contributed by atoms with Crippen LogP contribution >= 0.6 is 0 Å². The molecular weight excluding hydrogens is 258 g/mol. The Kier molecular flexibility index (Phi) is 3.76. The molecule has 3 rings (SSSR count). The predicted octanol–water partition coefficient (Wildman–Crippen LogP) is 3.57. The molecule has 1 atom stereocenters. The van der Waals surface area contributed by atoms with Crippen LogP contribution in [0.5, 0.6) is 0 Å². The molecule has 0 amide bonds. The van der Waals surface area contributed by atoms with Gasteiger partial charge in [-0.2, -0.15) is 0 Å². The van der Waals surface area contributed by atoms with Crippen molar-refractivity contribution in [3.8, 4) is 0 Å². The highest BCUT2D eigenvalue weighted by Gasteiger charge is 2.18. The Morgan fingerprint density at radius 1 is 1.14 bits per heavy atom. The quantitative estimate of drug-likeness (QED) is 0.793. The van der Waals surface area contributed by atoms with Gasteiger partial charge in [0.15, 0.2) is 0 Å². The van der Waals surface area contributed by atoms with Crippen molar-refractivity contribution in [2.24, 2.45) is 12.8 Å². The van der Waals surface area contributed by atoms with Gasteiger partial charge in [0.05, 0.1) is 11.0 Å². The number of hydrogen-bond donors (Lipinski definition) is 1. The highest BCUT2D eigenvalue weighted by molar-refractivity contribution is 5.77. The molecule has 21 heavy (non-hydrogen) atoms. The first kappa shape index (κ1) is 13.8. The van der Waals surface area contributed by atoms with Crippen molar-refractivity contribution in [2.75, 3.05) is 0 Å². The monoisotopic (exact) mass is 279 g/mol. The number of hydrogen-bond acceptors (Lipinski definition) is 2. The van der Waals surface area contributed by atoms with Crippen LogP contribution < -0.4 is 5.73 Å². The van der Waals surface area contributed by atoms with E-state index in [-0.39, 0.29) is 0 Å². The second-order valence-electron chi connectivity index (χ2n) is 5.43. The third kappa shape index (κ3) is 2.45. The molecule has 2 aromatic carbocycles. The van der Waals surface area contributed by atoms with E-state index in [1.54, 1.807) is 0 Å². The van der Waals surface area contributed by atoms with Crippen molar-refractivity contribution in [3.05, 3.63) is 65.5 Å². The van der Waals surface area contributed by atoms with Crippen LogP contribution in [-0.2, 0) is 13.6 Å². The first-order chi connectivity index (χ1) is 10.2. The topological polar surface area (TPSA) is 43.8 Å². The number of rotatable bonds is 4. The summed E-state index contributed by atoms with van der Waals surface area (Å²) in [4.78, 5) is 4.88. The molecule has 0 fully saturated rings. The molecule has 1 unspecified atom stereocenters. The highest BCUT2D eigenvalue weighted by atomic mass is 15.1. The van der Waals surface area contributed by atoms with Crippen LogP contribution in [0, 0.1) is 0 Å². The normalized spacial score (nSPS) is 12.7. The second kappa shape index (κ2) is 5.70. The smallest absolute Gasteiger partial charge is 0.117 e. The Balaban J connectivity index is 2.12. The van der Waals surface area contributed by atoms with E-state index in [1.807, 2.05) is 0 Å². The summed E-state index contributed by atoms with van der Waals surface area (Å²) in [6.45, 7) is 2.76. The number of aryl methyl sites for hydroxylation is 1. The number of fused-ring (bicyclic) bond motifs is 1. The van der Waals surface area contributed by atoms with Crippen molar-refractivity contribution in [1.29, 1.82) is 0 Å². The van der Waals surface area contributed by atoms with Crippen molar-refractivity contribution in [3.63, 3.8) is 0 Å². The van der Waals surface area contributed by atoms with Gasteiger partial charge in [-0.3, -0.25) is 0 Å². The number of nitrogens with two attached hydrogens (primary N) is 1. The zero-order valence-electron chi connectivity index (χ0n) is 12.6. The molecule has 1 aromatic heterocycles. The van der Waals surface area contributed by atoms with Gasteiger partial charge >= 0.3 is 0 Å². The van der Waals surface area contributed by atoms with Gasteiger partial charge in [0.1, 0.15) is 5.82 Å².